The van der Waals surface area contributed by atoms with E-state index in [1.165, 1.54) is 19.1 Å². The summed E-state index contributed by atoms with van der Waals surface area (Å²) in [7, 11) is 6.30. The van der Waals surface area contributed by atoms with E-state index in [2.05, 4.69) is 10.6 Å². The molecule has 3 amide bonds. The molecule has 5 unspecified atom stereocenters. The predicted molar refractivity (Wildman–Crippen MR) is 244 cm³/mol. The molecule has 350 valence electrons. The number of nitrogen functional groups attached to an aromatic ring is 1. The fourth-order valence-corrected chi connectivity index (χ4v) is 8.31. The molecule has 0 spiro atoms. The Morgan fingerprint density at radius 3 is 1.94 bits per heavy atom. The molecule has 14 nitrogen and oxygen atoms in total. The summed E-state index contributed by atoms with van der Waals surface area (Å²) in [5, 5.41) is 28.7. The normalized spacial score (nSPS) is 17.1. The lowest BCUT2D eigenvalue weighted by Crippen LogP contribution is -2.61. The molecule has 0 bridgehead atoms. The molecule has 14 heteroatoms. The Morgan fingerprint density at radius 2 is 1.42 bits per heavy atom. The van der Waals surface area contributed by atoms with Crippen molar-refractivity contribution in [1.29, 1.82) is 0 Å². The molecule has 0 radical (unpaired) electrons. The van der Waals surface area contributed by atoms with Crippen molar-refractivity contribution in [3.05, 3.63) is 65.7 Å². The minimum atomic E-state index is -1.30. The number of hydrogen-bond acceptors (Lipinski definition) is 11. The predicted octanol–water partition coefficient (Wildman–Crippen LogP) is 6.34. The topological polar surface area (TPSA) is 193 Å². The molecule has 2 aromatic rings. The third-order valence-corrected chi connectivity index (χ3v) is 12.3. The lowest BCUT2D eigenvalue weighted by Gasteiger charge is -2.42. The summed E-state index contributed by atoms with van der Waals surface area (Å²) < 4.78 is 17.6. The largest absolute Gasteiger partial charge is 0.445 e. The molecule has 6 N–H and O–H groups in total. The van der Waals surface area contributed by atoms with Crippen molar-refractivity contribution in [1.82, 2.24) is 20.4 Å². The highest BCUT2D eigenvalue weighted by atomic mass is 16.6. The van der Waals surface area contributed by atoms with Gasteiger partial charge in [0.1, 0.15) is 18.6 Å². The highest BCUT2D eigenvalue weighted by Crippen LogP contribution is 2.30. The Bertz CT molecular complexity index is 1640. The highest BCUT2D eigenvalue weighted by molar-refractivity contribution is 5.85. The third kappa shape index (κ3) is 15.3. The summed E-state index contributed by atoms with van der Waals surface area (Å²) in [4.78, 5) is 59.0. The third-order valence-electron chi connectivity index (χ3n) is 12.3. The van der Waals surface area contributed by atoms with Crippen LogP contribution in [0, 0.1) is 29.6 Å². The molecule has 0 saturated carbocycles. The van der Waals surface area contributed by atoms with Crippen LogP contribution >= 0.6 is 0 Å². The Labute approximate surface area is 371 Å². The number of carbonyl (C=O) groups is 4. The molecule has 0 aliphatic rings. The van der Waals surface area contributed by atoms with Crippen LogP contribution in [0.5, 0.6) is 0 Å². The van der Waals surface area contributed by atoms with Gasteiger partial charge in [-0.15, -0.1) is 0 Å². The van der Waals surface area contributed by atoms with Gasteiger partial charge in [0.15, 0.2) is 0 Å². The minimum absolute atomic E-state index is 0.0230. The molecule has 0 saturated heterocycles. The maximum atomic E-state index is 14.6. The zero-order chi connectivity index (χ0) is 46.8. The first-order valence-electron chi connectivity index (χ1n) is 22.3. The number of hydrogen-bond donors (Lipinski definition) is 5. The van der Waals surface area contributed by atoms with Crippen LogP contribution in [0.3, 0.4) is 0 Å². The van der Waals surface area contributed by atoms with Gasteiger partial charge < -0.3 is 45.3 Å². The monoisotopic (exact) mass is 870 g/mol. The van der Waals surface area contributed by atoms with Gasteiger partial charge in [-0.1, -0.05) is 117 Å². The van der Waals surface area contributed by atoms with E-state index in [1.807, 2.05) is 66.7 Å². The number of amides is 3. The molecule has 2 aromatic carbocycles. The summed E-state index contributed by atoms with van der Waals surface area (Å²) in [6.07, 6.45) is -1.62. The lowest BCUT2D eigenvalue weighted by atomic mass is 9.80. The second-order valence-corrected chi connectivity index (χ2v) is 17.6. The van der Waals surface area contributed by atoms with E-state index in [-0.39, 0.29) is 48.4 Å². The van der Waals surface area contributed by atoms with Crippen LogP contribution in [0.25, 0.3) is 0 Å². The molecule has 0 aliphatic carbocycles. The number of carbonyl (C=O) groups excluding carboxylic acids is 4. The first kappa shape index (κ1) is 54.1. The molecular weight excluding hydrogens is 791 g/mol. The van der Waals surface area contributed by atoms with Crippen molar-refractivity contribution in [3.8, 4) is 0 Å². The van der Waals surface area contributed by atoms with Crippen molar-refractivity contribution in [3.63, 3.8) is 0 Å². The number of nitrogens with two attached hydrogens (primary N) is 1. The number of anilines is 1. The molecule has 0 aliphatic heterocycles. The Balaban J connectivity index is 2.32. The Morgan fingerprint density at radius 1 is 0.806 bits per heavy atom. The van der Waals surface area contributed by atoms with E-state index in [4.69, 9.17) is 19.9 Å². The molecule has 11 atom stereocenters. The number of Topliss-reactive ketones (excluding diaryl/α,β-unsaturated/α-hetero) is 1. The van der Waals surface area contributed by atoms with Gasteiger partial charge in [-0.05, 0) is 54.4 Å². The van der Waals surface area contributed by atoms with Crippen LogP contribution in [-0.2, 0) is 35.2 Å². The van der Waals surface area contributed by atoms with Gasteiger partial charge in [0, 0.05) is 46.3 Å². The number of nitrogens with one attached hydrogen (secondary N) is 2. The summed E-state index contributed by atoms with van der Waals surface area (Å²) >= 11 is 0. The smallest absolute Gasteiger partial charge is 0.410 e. The van der Waals surface area contributed by atoms with E-state index in [0.717, 1.165) is 18.4 Å². The van der Waals surface area contributed by atoms with Gasteiger partial charge in [-0.2, -0.15) is 0 Å². The van der Waals surface area contributed by atoms with E-state index < -0.39 is 66.6 Å². The summed E-state index contributed by atoms with van der Waals surface area (Å²) in [6, 6.07) is 13.4. The van der Waals surface area contributed by atoms with Crippen molar-refractivity contribution in [2.45, 2.75) is 150 Å². The van der Waals surface area contributed by atoms with E-state index in [1.54, 1.807) is 69.2 Å². The first-order chi connectivity index (χ1) is 29.2. The van der Waals surface area contributed by atoms with Gasteiger partial charge >= 0.3 is 6.09 Å². The van der Waals surface area contributed by atoms with Gasteiger partial charge in [-0.3, -0.25) is 19.7 Å². The summed E-state index contributed by atoms with van der Waals surface area (Å²) in [6.45, 7) is 17.1. The Kier molecular flexibility index (Phi) is 23.1. The highest BCUT2D eigenvalue weighted by Gasteiger charge is 2.42. The quantitative estimate of drug-likeness (QED) is 0.0497. The molecular formula is C48H79N5O9. The number of nitrogens with zero attached hydrogens (tertiary/aromatic N) is 2. The van der Waals surface area contributed by atoms with Crippen molar-refractivity contribution < 1.29 is 43.6 Å². The van der Waals surface area contributed by atoms with Crippen molar-refractivity contribution in [2.75, 3.05) is 34.0 Å². The zero-order valence-corrected chi connectivity index (χ0v) is 39.7. The van der Waals surface area contributed by atoms with Gasteiger partial charge in [0.25, 0.3) is 0 Å². The maximum absolute atomic E-state index is 14.6. The van der Waals surface area contributed by atoms with E-state index >= 15 is 0 Å². The number of aliphatic hydroxyl groups is 2. The van der Waals surface area contributed by atoms with Crippen LogP contribution in [0.1, 0.15) is 112 Å². The number of likely N-dealkylation sites (N-methyl/N-ethyl adjacent to an activating group) is 2. The molecule has 62 heavy (non-hydrogen) atoms. The number of benzene rings is 2. The number of ether oxygens (including phenoxy) is 3. The first-order valence-corrected chi connectivity index (χ1v) is 22.3. The summed E-state index contributed by atoms with van der Waals surface area (Å²) in [5.74, 6) is -2.74. The van der Waals surface area contributed by atoms with Gasteiger partial charge in [0.2, 0.25) is 11.8 Å². The van der Waals surface area contributed by atoms with Crippen LogP contribution in [0.4, 0.5) is 10.5 Å². The summed E-state index contributed by atoms with van der Waals surface area (Å²) in [5.41, 5.74) is 7.83. The standard InChI is InChI=1S/C48H79N5O9/c1-14-16-22-37(44(61-13)32(8)45(56)50-33(9)43(55)35-20-18-17-19-21-35)38(54)27-39(60-12)42(31(7)15-2)52(10)47(58)40(29(3)4)51-46(57)41(30(5)6)53(11)48(59)62-28-34-23-25-36(49)26-24-34/h17-21,23-26,29-33,37,39-44,46,51,55,57H,14-16,22,27-28,49H2,1-13H3,(H,50,56)/t31?,32-,33-,37-,39?,40+,41?,42?,43-,44-,46?/m1/s1. The van der Waals surface area contributed by atoms with Crippen LogP contribution in [0.2, 0.25) is 0 Å². The fourth-order valence-electron chi connectivity index (χ4n) is 8.31. The number of methoxy groups -OCH3 is 2. The average Bonchev–Trinajstić information content (AvgIpc) is 3.25. The fraction of sp³-hybridized carbons (Fsp3) is 0.667. The van der Waals surface area contributed by atoms with Crippen molar-refractivity contribution >= 4 is 29.4 Å². The van der Waals surface area contributed by atoms with Crippen molar-refractivity contribution in [2.24, 2.45) is 29.6 Å². The lowest BCUT2D eigenvalue weighted by molar-refractivity contribution is -0.146. The van der Waals surface area contributed by atoms with Gasteiger partial charge in [-0.25, -0.2) is 4.79 Å². The molecule has 0 heterocycles. The maximum Gasteiger partial charge on any atom is 0.410 e. The molecule has 0 fully saturated rings. The molecule has 0 aromatic heterocycles. The van der Waals surface area contributed by atoms with Crippen LogP contribution < -0.4 is 16.4 Å². The second-order valence-electron chi connectivity index (χ2n) is 17.6. The SMILES string of the molecule is CCCC[C@H](C(=O)CC(OC)C(C(C)CC)N(C)C(=O)[C@@H](NC(O)C(C(C)C)N(C)C(=O)OCc1ccc(N)cc1)C(C)C)[C@H](OC)[C@@H](C)C(=O)N[C@H](C)[C@@H](O)c1ccccc1. The van der Waals surface area contributed by atoms with Crippen LogP contribution in [0.15, 0.2) is 54.6 Å². The van der Waals surface area contributed by atoms with E-state index in [9.17, 15) is 29.4 Å². The van der Waals surface area contributed by atoms with E-state index in [0.29, 0.717) is 24.1 Å². The second kappa shape index (κ2) is 26.5. The number of rotatable bonds is 27. The number of ketones is 1. The van der Waals surface area contributed by atoms with Crippen LogP contribution in [-0.4, -0.2) is 115 Å². The average molecular weight is 870 g/mol. The van der Waals surface area contributed by atoms with Gasteiger partial charge in [0.05, 0.1) is 48.4 Å². The number of unbranched alkanes of at least 4 members (excludes halogenated alkanes) is 1. The molecule has 2 rings (SSSR count). The number of aliphatic hydroxyl groups excluding tert-OH is 2. The minimum Gasteiger partial charge on any atom is -0.445 e. The zero-order valence-electron chi connectivity index (χ0n) is 39.7. The Hall–Kier alpha value is -4.08.